The van der Waals surface area contributed by atoms with Crippen LogP contribution in [-0.4, -0.2) is 4.98 Å². The molecule has 2 heterocycles. The van der Waals surface area contributed by atoms with E-state index in [0.29, 0.717) is 5.88 Å². The monoisotopic (exact) mass is 248 g/mol. The minimum Gasteiger partial charge on any atom is -0.439 e. The van der Waals surface area contributed by atoms with Gasteiger partial charge in [0.2, 0.25) is 5.88 Å². The summed E-state index contributed by atoms with van der Waals surface area (Å²) >= 11 is 0. The number of pyridine rings is 1. The molecule has 1 aliphatic carbocycles. The summed E-state index contributed by atoms with van der Waals surface area (Å²) in [5.41, 5.74) is 4.10. The zero-order chi connectivity index (χ0) is 13.1. The van der Waals surface area contributed by atoms with Crippen molar-refractivity contribution in [1.82, 2.24) is 4.98 Å². The first-order valence-electron chi connectivity index (χ1n) is 6.01. The average Bonchev–Trinajstić information content (AvgIpc) is 2.59. The Kier molecular flexibility index (Phi) is 2.97. The number of ether oxygens (including phenoxy) is 1. The molecule has 3 heteroatoms. The van der Waals surface area contributed by atoms with Crippen LogP contribution in [0.4, 0.5) is 0 Å². The highest BCUT2D eigenvalue weighted by Crippen LogP contribution is 2.19. The number of nitrogens with zero attached hydrogens (tertiary/aromatic N) is 2. The summed E-state index contributed by atoms with van der Waals surface area (Å²) in [6.07, 6.45) is 14.0. The Morgan fingerprint density at radius 1 is 1.37 bits per heavy atom. The molecule has 0 aromatic carbocycles. The van der Waals surface area contributed by atoms with Crippen molar-refractivity contribution in [2.24, 2.45) is 4.99 Å². The van der Waals surface area contributed by atoms with Crippen LogP contribution in [0.5, 0.6) is 0 Å². The van der Waals surface area contributed by atoms with E-state index in [0.717, 1.165) is 28.3 Å². The lowest BCUT2D eigenvalue weighted by atomic mass is 10.1. The van der Waals surface area contributed by atoms with Crippen molar-refractivity contribution >= 4 is 6.08 Å². The summed E-state index contributed by atoms with van der Waals surface area (Å²) < 4.78 is 5.69. The Bertz CT molecular complexity index is 775. The molecule has 1 aromatic rings. The standard InChI is InChI=1S/C16H12N2O/c1-12-18-15-11-17-10-9-13(15)7-8-14-5-3-2-4-6-16(14)19-12/h2-3,5-7,9-11H,1,8H2/b13-7-,18-15-. The largest absolute Gasteiger partial charge is 0.439 e. The summed E-state index contributed by atoms with van der Waals surface area (Å²) in [7, 11) is 0. The maximum atomic E-state index is 5.69. The fraction of sp³-hybridized carbons (Fsp3) is 0.0625. The Balaban J connectivity index is 2.18. The lowest BCUT2D eigenvalue weighted by Crippen LogP contribution is -2.25. The maximum Gasteiger partial charge on any atom is 0.212 e. The fourth-order valence-corrected chi connectivity index (χ4v) is 1.95. The molecule has 1 aliphatic heterocycles. The van der Waals surface area contributed by atoms with E-state index in [4.69, 9.17) is 4.74 Å². The van der Waals surface area contributed by atoms with Crippen LogP contribution in [-0.2, 0) is 4.74 Å². The van der Waals surface area contributed by atoms with Gasteiger partial charge in [-0.2, -0.15) is 0 Å². The van der Waals surface area contributed by atoms with Crippen molar-refractivity contribution in [2.45, 2.75) is 6.42 Å². The normalized spacial score (nSPS) is 20.5. The number of allylic oxidation sites excluding steroid dienone is 4. The second kappa shape index (κ2) is 4.92. The average molecular weight is 248 g/mol. The van der Waals surface area contributed by atoms with Gasteiger partial charge in [-0.3, -0.25) is 4.98 Å². The van der Waals surface area contributed by atoms with Crippen LogP contribution >= 0.6 is 0 Å². The molecule has 1 aromatic heterocycles. The molecule has 0 unspecified atom stereocenters. The van der Waals surface area contributed by atoms with Crippen LogP contribution in [0.1, 0.15) is 6.42 Å². The van der Waals surface area contributed by atoms with E-state index >= 15 is 0 Å². The minimum atomic E-state index is 0.352. The zero-order valence-corrected chi connectivity index (χ0v) is 10.3. The second-order valence-corrected chi connectivity index (χ2v) is 4.18. The second-order valence-electron chi connectivity index (χ2n) is 4.18. The Labute approximate surface area is 111 Å². The SMILES string of the molecule is C=C1/N=c2/cncc/c2=C/CC2=C(C=C=CC=C2)O1. The van der Waals surface area contributed by atoms with Gasteiger partial charge in [-0.1, -0.05) is 18.2 Å². The van der Waals surface area contributed by atoms with E-state index in [2.05, 4.69) is 28.4 Å². The number of rotatable bonds is 0. The predicted molar refractivity (Wildman–Crippen MR) is 73.1 cm³/mol. The fourth-order valence-electron chi connectivity index (χ4n) is 1.95. The third-order valence-corrected chi connectivity index (χ3v) is 2.87. The molecule has 0 amide bonds. The molecule has 0 N–H and O–H groups in total. The predicted octanol–water partition coefficient (Wildman–Crippen LogP) is 1.91. The summed E-state index contributed by atoms with van der Waals surface area (Å²) in [5.74, 6) is 1.08. The minimum absolute atomic E-state index is 0.352. The molecular formula is C16H12N2O. The van der Waals surface area contributed by atoms with E-state index < -0.39 is 0 Å². The number of hydrogen-bond donors (Lipinski definition) is 0. The third-order valence-electron chi connectivity index (χ3n) is 2.87. The van der Waals surface area contributed by atoms with E-state index in [1.54, 1.807) is 18.5 Å². The van der Waals surface area contributed by atoms with Crippen LogP contribution in [0, 0.1) is 0 Å². The lowest BCUT2D eigenvalue weighted by molar-refractivity contribution is 0.313. The number of aromatic nitrogens is 1. The van der Waals surface area contributed by atoms with E-state index in [9.17, 15) is 0 Å². The van der Waals surface area contributed by atoms with Crippen molar-refractivity contribution < 1.29 is 4.74 Å². The molecule has 0 saturated carbocycles. The van der Waals surface area contributed by atoms with Gasteiger partial charge in [-0.25, -0.2) is 4.99 Å². The summed E-state index contributed by atoms with van der Waals surface area (Å²) in [4.78, 5) is 8.43. The molecule has 3 rings (SSSR count). The first-order chi connectivity index (χ1) is 9.33. The zero-order valence-electron chi connectivity index (χ0n) is 10.3. The molecular weight excluding hydrogens is 236 g/mol. The summed E-state index contributed by atoms with van der Waals surface area (Å²) in [5, 5.41) is 1.80. The maximum absolute atomic E-state index is 5.69. The van der Waals surface area contributed by atoms with Crippen molar-refractivity contribution in [3.63, 3.8) is 0 Å². The molecule has 0 radical (unpaired) electrons. The lowest BCUT2D eigenvalue weighted by Gasteiger charge is -2.07. The Morgan fingerprint density at radius 2 is 2.32 bits per heavy atom. The van der Waals surface area contributed by atoms with Crippen LogP contribution in [0.2, 0.25) is 0 Å². The molecule has 0 atom stereocenters. The van der Waals surface area contributed by atoms with Gasteiger partial charge in [0.15, 0.2) is 0 Å². The molecule has 92 valence electrons. The van der Waals surface area contributed by atoms with Crippen LogP contribution in [0.3, 0.4) is 0 Å². The molecule has 3 nitrogen and oxygen atoms in total. The first-order valence-corrected chi connectivity index (χ1v) is 6.01. The third kappa shape index (κ3) is 2.46. The van der Waals surface area contributed by atoms with Crippen molar-refractivity contribution in [1.29, 1.82) is 0 Å². The van der Waals surface area contributed by atoms with Crippen LogP contribution < -0.4 is 10.6 Å². The van der Waals surface area contributed by atoms with Crippen molar-refractivity contribution in [3.8, 4) is 0 Å². The Morgan fingerprint density at radius 3 is 3.26 bits per heavy atom. The van der Waals surface area contributed by atoms with Gasteiger partial charge in [0, 0.05) is 12.3 Å². The van der Waals surface area contributed by atoms with E-state index in [-0.39, 0.29) is 0 Å². The molecule has 0 saturated heterocycles. The van der Waals surface area contributed by atoms with Gasteiger partial charge in [0.05, 0.1) is 11.6 Å². The van der Waals surface area contributed by atoms with Gasteiger partial charge in [0.1, 0.15) is 5.76 Å². The smallest absolute Gasteiger partial charge is 0.212 e. The molecule has 0 fully saturated rings. The number of fused-ring (bicyclic) bond motifs is 1. The van der Waals surface area contributed by atoms with Crippen molar-refractivity contribution in [2.75, 3.05) is 0 Å². The van der Waals surface area contributed by atoms with Crippen molar-refractivity contribution in [3.05, 3.63) is 82.9 Å². The van der Waals surface area contributed by atoms with Gasteiger partial charge in [0.25, 0.3) is 0 Å². The van der Waals surface area contributed by atoms with Gasteiger partial charge in [-0.15, -0.1) is 5.73 Å². The topological polar surface area (TPSA) is 34.5 Å². The van der Waals surface area contributed by atoms with Gasteiger partial charge < -0.3 is 4.74 Å². The first kappa shape index (κ1) is 11.5. The van der Waals surface area contributed by atoms with Crippen LogP contribution in [0.25, 0.3) is 6.08 Å². The highest BCUT2D eigenvalue weighted by Gasteiger charge is 2.07. The van der Waals surface area contributed by atoms with E-state index in [1.807, 2.05) is 24.3 Å². The quantitative estimate of drug-likeness (QED) is 0.657. The summed E-state index contributed by atoms with van der Waals surface area (Å²) in [6, 6.07) is 1.94. The van der Waals surface area contributed by atoms with E-state index in [1.165, 1.54) is 0 Å². The Hall–Kier alpha value is -2.64. The molecule has 0 bridgehead atoms. The van der Waals surface area contributed by atoms with Gasteiger partial charge in [-0.05, 0) is 35.9 Å². The molecule has 0 spiro atoms. The van der Waals surface area contributed by atoms with Crippen LogP contribution in [0.15, 0.2) is 77.3 Å². The summed E-state index contributed by atoms with van der Waals surface area (Å²) in [6.45, 7) is 3.83. The highest BCUT2D eigenvalue weighted by atomic mass is 16.5. The molecule has 2 aliphatic rings. The highest BCUT2D eigenvalue weighted by molar-refractivity contribution is 5.41. The van der Waals surface area contributed by atoms with Gasteiger partial charge >= 0.3 is 0 Å². The molecule has 19 heavy (non-hydrogen) atoms. The number of hydrogen-bond acceptors (Lipinski definition) is 3.